The van der Waals surface area contributed by atoms with Crippen LogP contribution in [0.4, 0.5) is 228 Å². The van der Waals surface area contributed by atoms with Crippen molar-refractivity contribution in [1.29, 1.82) is 0 Å². The van der Waals surface area contributed by atoms with E-state index in [1.54, 1.807) is 0 Å². The molecule has 0 saturated carbocycles. The predicted molar refractivity (Wildman–Crippen MR) is 289 cm³/mol. The third-order valence-corrected chi connectivity index (χ3v) is 17.6. The molecule has 0 aromatic carbocycles. The number of amides is 4. The molecule has 16 nitrogen and oxygen atoms in total. The number of carbonyl (C=O) groups excluding carboxylic acids is 4. The maximum absolute atomic E-state index is 14.6. The zero-order chi connectivity index (χ0) is 97.3. The van der Waals surface area contributed by atoms with Crippen LogP contribution in [0.5, 0.6) is 0 Å². The highest BCUT2D eigenvalue weighted by molar-refractivity contribution is 5.76. The number of rotatable bonds is 40. The first-order chi connectivity index (χ1) is 53.5. The maximum atomic E-state index is 14.6. The molecule has 4 amide bonds. The van der Waals surface area contributed by atoms with Crippen molar-refractivity contribution in [3.63, 3.8) is 0 Å². The first-order valence-corrected chi connectivity index (χ1v) is 32.2. The average Bonchev–Trinajstić information content (AvgIpc) is 0.727. The lowest BCUT2D eigenvalue weighted by Gasteiger charge is -2.40. The van der Waals surface area contributed by atoms with E-state index in [9.17, 15) is 268 Å². The lowest BCUT2D eigenvalue weighted by Crippen LogP contribution is -2.70. The molecule has 0 spiro atoms. The van der Waals surface area contributed by atoms with Crippen LogP contribution in [-0.4, -0.2) is 332 Å². The second-order valence-electron chi connectivity index (χ2n) is 26.1. The van der Waals surface area contributed by atoms with Crippen molar-refractivity contribution in [3.8, 4) is 0 Å². The minimum atomic E-state index is -8.48. The van der Waals surface area contributed by atoms with Gasteiger partial charge in [-0.05, 0) is 39.0 Å². The standard InChI is InChI=1S/C54H56F52N8O8/c55-31(56,35(63,64)39(71,72)43(79,80)47(87,88)51(95,96)97)7-19-111(119)27(115)3-15-107-11-1-12-108(16-4-28(116)112(120)20-8-32(57,58)36(65,66)40(73,74)44(81,82)48(89,90)52(98,99)100)24-26-110(18-6-30(118)114(122)22-10-34(61,62)38(69,70)42(77,78)46(85,86)50(93,94)54(104,105)106)14-2-13-109(25-23-107)17-5-29(117)113(121)21-9-33(59,60)37(67,68)41(75,76)45(83,84)49(91,92)53(101,102)103/h119-122H,1-26H2. The lowest BCUT2D eigenvalue weighted by atomic mass is 9.92. The van der Waals surface area contributed by atoms with Crippen molar-refractivity contribution < 1.29 is 268 Å². The van der Waals surface area contributed by atoms with Gasteiger partial charge in [0.05, 0.1) is 26.2 Å². The summed E-state index contributed by atoms with van der Waals surface area (Å²) in [6.45, 7) is -22.2. The zero-order valence-corrected chi connectivity index (χ0v) is 59.0. The smallest absolute Gasteiger partial charge is 0.302 e. The average molecular weight is 1930 g/mol. The number of hydroxylamine groups is 8. The van der Waals surface area contributed by atoms with E-state index in [0.29, 0.717) is 0 Å². The number of hydrogen-bond donors (Lipinski definition) is 4. The summed E-state index contributed by atoms with van der Waals surface area (Å²) in [5.41, 5.74) is 0. The van der Waals surface area contributed by atoms with Crippen LogP contribution in [0, 0.1) is 0 Å². The van der Waals surface area contributed by atoms with Gasteiger partial charge in [0, 0.05) is 104 Å². The van der Waals surface area contributed by atoms with Crippen LogP contribution in [0.25, 0.3) is 0 Å². The molecule has 0 bridgehead atoms. The number of nitrogens with zero attached hydrogens (tertiary/aromatic N) is 8. The summed E-state index contributed by atoms with van der Waals surface area (Å²) in [5.74, 6) is -169. The van der Waals surface area contributed by atoms with E-state index >= 15 is 0 Å². The zero-order valence-electron chi connectivity index (χ0n) is 59.0. The fourth-order valence-corrected chi connectivity index (χ4v) is 9.79. The molecule has 0 unspecified atom stereocenters. The molecule has 1 heterocycles. The maximum Gasteiger partial charge on any atom is 0.460 e. The first kappa shape index (κ1) is 114. The quantitative estimate of drug-likeness (QED) is 0.0260. The van der Waals surface area contributed by atoms with Crippen LogP contribution in [0.15, 0.2) is 0 Å². The van der Waals surface area contributed by atoms with Crippen LogP contribution >= 0.6 is 0 Å². The fourth-order valence-electron chi connectivity index (χ4n) is 9.79. The van der Waals surface area contributed by atoms with Gasteiger partial charge in [0.15, 0.2) is 0 Å². The Balaban J connectivity index is 4.08. The van der Waals surface area contributed by atoms with Gasteiger partial charge in [-0.25, -0.2) is 20.3 Å². The van der Waals surface area contributed by atoms with E-state index in [-0.39, 0.29) is 0 Å². The summed E-state index contributed by atoms with van der Waals surface area (Å²) in [4.78, 5) is 54.8. The molecule has 0 aromatic rings. The predicted octanol–water partition coefficient (Wildman–Crippen LogP) is 16.9. The van der Waals surface area contributed by atoms with Gasteiger partial charge in [-0.1, -0.05) is 0 Å². The summed E-state index contributed by atoms with van der Waals surface area (Å²) < 4.78 is 714. The second kappa shape index (κ2) is 37.3. The molecule has 0 aliphatic carbocycles. The van der Waals surface area contributed by atoms with Gasteiger partial charge in [0.25, 0.3) is 0 Å². The molecule has 724 valence electrons. The Hall–Kier alpha value is -6.08. The molecule has 1 fully saturated rings. The first-order valence-electron chi connectivity index (χ1n) is 32.2. The van der Waals surface area contributed by atoms with Gasteiger partial charge in [0.1, 0.15) is 0 Å². The SMILES string of the molecule is O=C(CCN1CCCN(CCC(=O)N(O)CCC(F)(F)C(F)(F)C(F)(F)C(F)(F)C(F)(F)C(F)(F)F)CCN(CCC(=O)N(O)CCC(F)(F)C(F)(F)C(F)(F)C(F)(F)C(F)(F)C(F)(F)F)CCCN(CCC(=O)N(O)CCC(F)(F)C(F)(F)C(F)(F)C(F)(F)C(F)(F)C(F)(F)F)CC1)N(O)CCC(F)(F)C(F)(F)C(F)(F)C(F)(F)C(F)(F)C(F)(F)F. The van der Waals surface area contributed by atoms with Crippen LogP contribution in [0.2, 0.25) is 0 Å². The summed E-state index contributed by atoms with van der Waals surface area (Å²) >= 11 is 0. The van der Waals surface area contributed by atoms with E-state index in [4.69, 9.17) is 0 Å². The molecule has 68 heteroatoms. The van der Waals surface area contributed by atoms with Crippen LogP contribution in [0.1, 0.15) is 64.2 Å². The number of halogens is 52. The minimum absolute atomic E-state index is 0.754. The largest absolute Gasteiger partial charge is 0.460 e. The van der Waals surface area contributed by atoms with Crippen LogP contribution in [-0.2, 0) is 19.2 Å². The minimum Gasteiger partial charge on any atom is -0.302 e. The summed E-state index contributed by atoms with van der Waals surface area (Å²) in [7, 11) is 0. The molecule has 122 heavy (non-hydrogen) atoms. The van der Waals surface area contributed by atoms with Gasteiger partial charge in [-0.2, -0.15) is 228 Å². The van der Waals surface area contributed by atoms with Gasteiger partial charge >= 0.3 is 143 Å². The molecule has 1 saturated heterocycles. The van der Waals surface area contributed by atoms with Gasteiger partial charge in [-0.3, -0.25) is 40.0 Å². The van der Waals surface area contributed by atoms with Crippen molar-refractivity contribution in [2.45, 2.75) is 207 Å². The van der Waals surface area contributed by atoms with Crippen molar-refractivity contribution >= 4 is 23.6 Å². The number of alkyl halides is 52. The molecule has 1 aliphatic rings. The van der Waals surface area contributed by atoms with Crippen molar-refractivity contribution in [1.82, 2.24) is 39.9 Å². The fraction of sp³-hybridized carbons (Fsp3) is 0.926. The molecule has 1 rings (SSSR count). The summed E-state index contributed by atoms with van der Waals surface area (Å²) in [6.07, 6.45) is -52.7. The van der Waals surface area contributed by atoms with Crippen LogP contribution < -0.4 is 0 Å². The summed E-state index contributed by atoms with van der Waals surface area (Å²) in [6, 6.07) is 0. The van der Waals surface area contributed by atoms with Crippen molar-refractivity contribution in [2.75, 3.05) is 105 Å². The van der Waals surface area contributed by atoms with Gasteiger partial charge < -0.3 is 19.6 Å². The molecule has 1 aliphatic heterocycles. The van der Waals surface area contributed by atoms with E-state index in [2.05, 4.69) is 0 Å². The molecule has 0 aromatic heterocycles. The molecular weight excluding hydrogens is 1880 g/mol. The molecule has 4 N–H and O–H groups in total. The van der Waals surface area contributed by atoms with E-state index < -0.39 is 356 Å². The highest BCUT2D eigenvalue weighted by Crippen LogP contribution is 2.66. The van der Waals surface area contributed by atoms with Gasteiger partial charge in [-0.15, -0.1) is 0 Å². The molecular formula is C54H56F52N8O8. The Bertz CT molecular complexity index is 3010. The lowest BCUT2D eigenvalue weighted by molar-refractivity contribution is -0.440. The molecule has 0 atom stereocenters. The van der Waals surface area contributed by atoms with E-state index in [0.717, 1.165) is 19.6 Å². The second-order valence-corrected chi connectivity index (χ2v) is 26.1. The van der Waals surface area contributed by atoms with E-state index in [1.165, 1.54) is 0 Å². The highest BCUT2D eigenvalue weighted by atomic mass is 19.5. The van der Waals surface area contributed by atoms with Crippen molar-refractivity contribution in [3.05, 3.63) is 0 Å². The Labute approximate surface area is 643 Å². The highest BCUT2D eigenvalue weighted by Gasteiger charge is 2.95. The Morgan fingerprint density at radius 3 is 0.443 bits per heavy atom. The normalized spacial score (nSPS) is 17.4. The Morgan fingerprint density at radius 1 is 0.197 bits per heavy atom. The van der Waals surface area contributed by atoms with Crippen molar-refractivity contribution in [2.24, 2.45) is 0 Å². The summed E-state index contributed by atoms with van der Waals surface area (Å²) in [5, 5.41) is 35.6. The Kier molecular flexibility index (Phi) is 34.8. The van der Waals surface area contributed by atoms with Crippen LogP contribution in [0.3, 0.4) is 0 Å². The third kappa shape index (κ3) is 22.2. The topological polar surface area (TPSA) is 175 Å². The monoisotopic (exact) mass is 1930 g/mol. The number of carbonyl (C=O) groups is 4. The molecule has 0 radical (unpaired) electrons. The number of hydrogen-bond acceptors (Lipinski definition) is 12. The Morgan fingerprint density at radius 2 is 0.320 bits per heavy atom. The van der Waals surface area contributed by atoms with Gasteiger partial charge in [0.2, 0.25) is 23.6 Å². The third-order valence-electron chi connectivity index (χ3n) is 17.6. The van der Waals surface area contributed by atoms with E-state index in [1.807, 2.05) is 0 Å².